The highest BCUT2D eigenvalue weighted by Gasteiger charge is 2.62. The molecule has 0 fully saturated rings. The first-order valence-electron chi connectivity index (χ1n) is 9.21. The third kappa shape index (κ3) is 5.30. The van der Waals surface area contributed by atoms with Gasteiger partial charge >= 0.3 is 12.4 Å². The number of rotatable bonds is 4. The summed E-state index contributed by atoms with van der Waals surface area (Å²) in [6.07, 6.45) is -10.9. The minimum Gasteiger partial charge on any atom is -0.374 e. The molecule has 2 aromatic rings. The smallest absolute Gasteiger partial charge is 0.374 e. The summed E-state index contributed by atoms with van der Waals surface area (Å²) in [5.74, 6) is 0. The van der Waals surface area contributed by atoms with Gasteiger partial charge in [0, 0.05) is 41.2 Å². The summed E-state index contributed by atoms with van der Waals surface area (Å²) in [7, 11) is 1.63. The zero-order chi connectivity index (χ0) is 24.6. The lowest BCUT2D eigenvalue weighted by Gasteiger charge is -2.30. The first kappa shape index (κ1) is 25.4. The minimum atomic E-state index is -5.09. The molecule has 3 rings (SSSR count). The second kappa shape index (κ2) is 9.19. The van der Waals surface area contributed by atoms with Crippen molar-refractivity contribution >= 4 is 46.2 Å². The van der Waals surface area contributed by atoms with E-state index in [1.54, 1.807) is 13.1 Å². The highest BCUT2D eigenvalue weighted by molar-refractivity contribution is 7.80. The van der Waals surface area contributed by atoms with E-state index in [4.69, 9.17) is 40.3 Å². The molecule has 1 atom stereocenters. The van der Waals surface area contributed by atoms with E-state index in [-0.39, 0.29) is 22.8 Å². The van der Waals surface area contributed by atoms with E-state index < -0.39 is 40.5 Å². The Morgan fingerprint density at radius 1 is 1.12 bits per heavy atom. The average molecular weight is 530 g/mol. The van der Waals surface area contributed by atoms with Crippen LogP contribution in [0.25, 0.3) is 0 Å². The van der Waals surface area contributed by atoms with Gasteiger partial charge in [0.2, 0.25) is 0 Å². The van der Waals surface area contributed by atoms with Crippen molar-refractivity contribution in [3.8, 4) is 0 Å². The van der Waals surface area contributed by atoms with Gasteiger partial charge in [-0.2, -0.15) is 26.3 Å². The van der Waals surface area contributed by atoms with Gasteiger partial charge in [-0.15, -0.1) is 0 Å². The molecule has 1 aliphatic heterocycles. The topological polar surface area (TPSA) is 45.7 Å². The molecular weight excluding hydrogens is 515 g/mol. The van der Waals surface area contributed by atoms with Crippen LogP contribution >= 0.6 is 35.4 Å². The quantitative estimate of drug-likeness (QED) is 0.366. The Labute approximate surface area is 199 Å². The minimum absolute atomic E-state index is 0.131. The first-order valence-corrected chi connectivity index (χ1v) is 10.4. The molecule has 1 heterocycles. The van der Waals surface area contributed by atoms with Gasteiger partial charge in [0.1, 0.15) is 0 Å². The fourth-order valence-electron chi connectivity index (χ4n) is 3.18. The van der Waals surface area contributed by atoms with Crippen molar-refractivity contribution in [1.29, 1.82) is 0 Å². The third-order valence-corrected chi connectivity index (χ3v) is 5.85. The van der Waals surface area contributed by atoms with Crippen molar-refractivity contribution in [2.45, 2.75) is 30.9 Å². The maximum atomic E-state index is 14.1. The van der Waals surface area contributed by atoms with Gasteiger partial charge in [-0.05, 0) is 42.0 Å². The number of thiocarbonyl (C=S) groups is 1. The van der Waals surface area contributed by atoms with E-state index in [1.165, 1.54) is 12.1 Å². The Morgan fingerprint density at radius 2 is 1.82 bits per heavy atom. The molecule has 13 heteroatoms. The molecule has 4 nitrogen and oxygen atoms in total. The van der Waals surface area contributed by atoms with Crippen molar-refractivity contribution in [1.82, 2.24) is 10.6 Å². The fraction of sp³-hybridized carbons (Fsp3) is 0.300. The van der Waals surface area contributed by atoms with Gasteiger partial charge in [0.05, 0.1) is 11.3 Å². The molecule has 0 saturated carbocycles. The van der Waals surface area contributed by atoms with E-state index in [0.29, 0.717) is 22.8 Å². The number of alkyl halides is 6. The molecule has 0 bridgehead atoms. The normalized spacial score (nSPS) is 18.5. The zero-order valence-electron chi connectivity index (χ0n) is 16.7. The lowest BCUT2D eigenvalue weighted by molar-refractivity contribution is -0.276. The largest absolute Gasteiger partial charge is 0.435 e. The predicted octanol–water partition coefficient (Wildman–Crippen LogP) is 6.19. The van der Waals surface area contributed by atoms with Crippen LogP contribution in [0.1, 0.15) is 28.7 Å². The number of benzene rings is 2. The van der Waals surface area contributed by atoms with Crippen LogP contribution in [-0.2, 0) is 23.2 Å². The van der Waals surface area contributed by atoms with Gasteiger partial charge in [-0.3, -0.25) is 0 Å². The molecule has 2 aromatic carbocycles. The monoisotopic (exact) mass is 529 g/mol. The summed E-state index contributed by atoms with van der Waals surface area (Å²) in [5.41, 5.74) is -4.56. The van der Waals surface area contributed by atoms with Crippen molar-refractivity contribution in [2.75, 3.05) is 7.05 Å². The number of nitrogens with zero attached hydrogens (tertiary/aromatic N) is 1. The molecule has 1 unspecified atom stereocenters. The Morgan fingerprint density at radius 3 is 2.39 bits per heavy atom. The lowest BCUT2D eigenvalue weighted by Crippen LogP contribution is -2.42. The Bertz CT molecular complexity index is 1110. The number of halogens is 8. The maximum Gasteiger partial charge on any atom is 0.435 e. The van der Waals surface area contributed by atoms with E-state index in [0.717, 1.165) is 6.07 Å². The SMILES string of the molecule is CNC(=S)NCc1ccc(C2=NOC(c3cc(Cl)cc(C(F)(F)F)c3)(C(F)(F)F)C2)cc1Cl. The summed E-state index contributed by atoms with van der Waals surface area (Å²) in [5, 5.41) is 9.24. The van der Waals surface area contributed by atoms with E-state index in [9.17, 15) is 26.3 Å². The molecule has 0 saturated heterocycles. The number of hydrogen-bond acceptors (Lipinski definition) is 3. The summed E-state index contributed by atoms with van der Waals surface area (Å²) in [4.78, 5) is 4.80. The van der Waals surface area contributed by atoms with Crippen LogP contribution in [0, 0.1) is 0 Å². The van der Waals surface area contributed by atoms with Gasteiger partial charge in [0.15, 0.2) is 5.11 Å². The lowest BCUT2D eigenvalue weighted by atomic mass is 9.85. The number of oxime groups is 1. The van der Waals surface area contributed by atoms with Gasteiger partial charge in [0.25, 0.3) is 5.60 Å². The summed E-state index contributed by atoms with van der Waals surface area (Å²) >= 11 is 16.9. The molecule has 1 aliphatic rings. The molecule has 0 aromatic heterocycles. The van der Waals surface area contributed by atoms with Crippen molar-refractivity contribution in [3.05, 3.63) is 68.7 Å². The van der Waals surface area contributed by atoms with E-state index in [1.807, 2.05) is 0 Å². The summed E-state index contributed by atoms with van der Waals surface area (Å²) < 4.78 is 81.9. The molecule has 2 N–H and O–H groups in total. The van der Waals surface area contributed by atoms with E-state index in [2.05, 4.69) is 15.8 Å². The van der Waals surface area contributed by atoms with Crippen LogP contribution in [0.15, 0.2) is 41.6 Å². The molecular formula is C20H15Cl2F6N3OS. The van der Waals surface area contributed by atoms with Crippen LogP contribution in [0.3, 0.4) is 0 Å². The second-order valence-electron chi connectivity index (χ2n) is 7.10. The summed E-state index contributed by atoms with van der Waals surface area (Å²) in [6, 6.07) is 6.14. The average Bonchev–Trinajstić information content (AvgIpc) is 3.18. The highest BCUT2D eigenvalue weighted by Crippen LogP contribution is 2.50. The predicted molar refractivity (Wildman–Crippen MR) is 116 cm³/mol. The zero-order valence-corrected chi connectivity index (χ0v) is 19.0. The molecule has 0 spiro atoms. The second-order valence-corrected chi connectivity index (χ2v) is 8.35. The van der Waals surface area contributed by atoms with Gasteiger partial charge in [-0.1, -0.05) is 40.5 Å². The Hall–Kier alpha value is -2.24. The summed E-state index contributed by atoms with van der Waals surface area (Å²) in [6.45, 7) is 0.261. The molecule has 0 aliphatic carbocycles. The van der Waals surface area contributed by atoms with Crippen LogP contribution in [0.2, 0.25) is 10.0 Å². The van der Waals surface area contributed by atoms with Gasteiger partial charge < -0.3 is 15.5 Å². The Kier molecular flexibility index (Phi) is 7.07. The van der Waals surface area contributed by atoms with Crippen molar-refractivity contribution in [2.24, 2.45) is 5.16 Å². The molecule has 33 heavy (non-hydrogen) atoms. The molecule has 178 valence electrons. The number of nitrogens with one attached hydrogen (secondary N) is 2. The Balaban J connectivity index is 1.94. The van der Waals surface area contributed by atoms with Gasteiger partial charge in [-0.25, -0.2) is 0 Å². The third-order valence-electron chi connectivity index (χ3n) is 4.93. The molecule has 0 amide bonds. The standard InChI is InChI=1S/C20H15Cl2F6N3OS/c1-29-17(33)30-9-11-3-2-10(4-15(11)22)16-8-18(32-31-16,20(26,27)28)12-5-13(19(23,24)25)7-14(21)6-12/h2-7H,8-9H2,1H3,(H2,29,30,33). The van der Waals surface area contributed by atoms with Crippen LogP contribution < -0.4 is 10.6 Å². The maximum absolute atomic E-state index is 14.1. The fourth-order valence-corrected chi connectivity index (χ4v) is 3.73. The first-order chi connectivity index (χ1) is 15.3. The van der Waals surface area contributed by atoms with Crippen LogP contribution in [0.5, 0.6) is 0 Å². The van der Waals surface area contributed by atoms with Crippen LogP contribution in [0.4, 0.5) is 26.3 Å². The van der Waals surface area contributed by atoms with E-state index >= 15 is 0 Å². The van der Waals surface area contributed by atoms with Crippen LogP contribution in [-0.4, -0.2) is 24.0 Å². The van der Waals surface area contributed by atoms with Crippen molar-refractivity contribution < 1.29 is 31.2 Å². The van der Waals surface area contributed by atoms with Crippen molar-refractivity contribution in [3.63, 3.8) is 0 Å². The highest BCUT2D eigenvalue weighted by atomic mass is 35.5. The number of hydrogen-bond donors (Lipinski definition) is 2. The molecule has 0 radical (unpaired) electrons.